The molecule has 8 heteroatoms. The van der Waals surface area contributed by atoms with E-state index in [0.29, 0.717) is 41.3 Å². The number of hydrogen-bond donors (Lipinski definition) is 1. The number of hydrogen-bond acceptors (Lipinski definition) is 4. The van der Waals surface area contributed by atoms with Gasteiger partial charge < -0.3 is 19.7 Å². The fourth-order valence-corrected chi connectivity index (χ4v) is 3.42. The van der Waals surface area contributed by atoms with Crippen LogP contribution in [-0.2, 0) is 16.1 Å². The second kappa shape index (κ2) is 13.3. The molecule has 0 aliphatic heterocycles. The van der Waals surface area contributed by atoms with Crippen molar-refractivity contribution in [3.8, 4) is 11.5 Å². The first-order valence-corrected chi connectivity index (χ1v) is 11.7. The van der Waals surface area contributed by atoms with E-state index in [1.165, 1.54) is 0 Å². The Bertz CT molecular complexity index is 919. The highest BCUT2D eigenvalue weighted by atomic mass is 35.5. The predicted molar refractivity (Wildman–Crippen MR) is 132 cm³/mol. The van der Waals surface area contributed by atoms with Crippen molar-refractivity contribution in [2.75, 3.05) is 20.3 Å². The minimum Gasteiger partial charge on any atom is -0.497 e. The third-order valence-corrected chi connectivity index (χ3v) is 5.79. The summed E-state index contributed by atoms with van der Waals surface area (Å²) in [6.45, 7) is 6.96. The normalized spacial score (nSPS) is 11.7. The minimum atomic E-state index is -0.631. The van der Waals surface area contributed by atoms with Gasteiger partial charge in [-0.05, 0) is 61.2 Å². The Labute approximate surface area is 206 Å². The quantitative estimate of drug-likeness (QED) is 0.403. The lowest BCUT2D eigenvalue weighted by Gasteiger charge is -2.29. The van der Waals surface area contributed by atoms with Gasteiger partial charge in [0.25, 0.3) is 0 Å². The Hall–Kier alpha value is -2.44. The number of carbonyl (C=O) groups is 2. The molecule has 1 atom stereocenters. The van der Waals surface area contributed by atoms with Gasteiger partial charge in [-0.25, -0.2) is 0 Å². The van der Waals surface area contributed by atoms with Crippen LogP contribution < -0.4 is 14.8 Å². The predicted octanol–water partition coefficient (Wildman–Crippen LogP) is 5.35. The average molecular weight is 495 g/mol. The van der Waals surface area contributed by atoms with E-state index in [4.69, 9.17) is 32.7 Å². The molecule has 0 aliphatic rings. The maximum Gasteiger partial charge on any atom is 0.242 e. The van der Waals surface area contributed by atoms with E-state index < -0.39 is 6.04 Å². The number of benzene rings is 2. The molecule has 2 aromatic rings. The molecule has 1 N–H and O–H groups in total. The third kappa shape index (κ3) is 8.78. The van der Waals surface area contributed by atoms with E-state index in [1.807, 2.05) is 38.1 Å². The largest absolute Gasteiger partial charge is 0.497 e. The van der Waals surface area contributed by atoms with E-state index in [-0.39, 0.29) is 24.8 Å². The van der Waals surface area contributed by atoms with Gasteiger partial charge in [0.1, 0.15) is 17.5 Å². The number of nitrogens with zero attached hydrogens (tertiary/aromatic N) is 1. The molecule has 0 aliphatic carbocycles. The summed E-state index contributed by atoms with van der Waals surface area (Å²) in [5.74, 6) is 1.45. The van der Waals surface area contributed by atoms with Crippen LogP contribution in [0.1, 0.15) is 39.2 Å². The summed E-state index contributed by atoms with van der Waals surface area (Å²) in [6, 6.07) is 11.8. The highest BCUT2D eigenvalue weighted by Crippen LogP contribution is 2.24. The Kier molecular flexibility index (Phi) is 10.8. The molecule has 2 aromatic carbocycles. The lowest BCUT2D eigenvalue weighted by atomic mass is 10.1. The fourth-order valence-electron chi connectivity index (χ4n) is 3.10. The van der Waals surface area contributed by atoms with Gasteiger partial charge in [-0.3, -0.25) is 9.59 Å². The number of ether oxygens (including phenoxy) is 2. The first-order chi connectivity index (χ1) is 15.7. The van der Waals surface area contributed by atoms with Crippen LogP contribution in [0, 0.1) is 5.92 Å². The maximum absolute atomic E-state index is 13.1. The van der Waals surface area contributed by atoms with Crippen molar-refractivity contribution in [2.45, 2.75) is 46.2 Å². The number of rotatable bonds is 12. The van der Waals surface area contributed by atoms with E-state index >= 15 is 0 Å². The minimum absolute atomic E-state index is 0.133. The number of carbonyl (C=O) groups excluding carboxylic acids is 2. The summed E-state index contributed by atoms with van der Waals surface area (Å²) in [7, 11) is 1.61. The molecule has 0 heterocycles. The van der Waals surface area contributed by atoms with E-state index in [0.717, 1.165) is 11.3 Å². The van der Waals surface area contributed by atoms with Gasteiger partial charge in [-0.2, -0.15) is 0 Å². The molecule has 6 nitrogen and oxygen atoms in total. The Morgan fingerprint density at radius 3 is 2.27 bits per heavy atom. The van der Waals surface area contributed by atoms with Gasteiger partial charge in [-0.15, -0.1) is 0 Å². The van der Waals surface area contributed by atoms with Gasteiger partial charge in [0.15, 0.2) is 0 Å². The van der Waals surface area contributed by atoms with Crippen LogP contribution in [0.4, 0.5) is 0 Å². The van der Waals surface area contributed by atoms with Gasteiger partial charge >= 0.3 is 0 Å². The zero-order valence-electron chi connectivity index (χ0n) is 19.6. The highest BCUT2D eigenvalue weighted by Gasteiger charge is 2.26. The highest BCUT2D eigenvalue weighted by molar-refractivity contribution is 6.42. The summed E-state index contributed by atoms with van der Waals surface area (Å²) >= 11 is 12.2. The third-order valence-electron chi connectivity index (χ3n) is 5.05. The molecule has 33 heavy (non-hydrogen) atoms. The van der Waals surface area contributed by atoms with Crippen molar-refractivity contribution >= 4 is 35.0 Å². The zero-order chi connectivity index (χ0) is 24.4. The van der Waals surface area contributed by atoms with Crippen LogP contribution in [-0.4, -0.2) is 43.0 Å². The monoisotopic (exact) mass is 494 g/mol. The number of halogens is 2. The van der Waals surface area contributed by atoms with Crippen molar-refractivity contribution in [3.05, 3.63) is 58.1 Å². The molecule has 0 radical (unpaired) electrons. The Balaban J connectivity index is 2.01. The standard InChI is InChI=1S/C25H32Cl2N2O4/c1-17(2)15-28-25(31)18(3)29(16-19-7-12-22(26)23(27)14-19)24(30)6-5-13-33-21-10-8-20(32-4)9-11-21/h7-12,14,17-18H,5-6,13,15-16H2,1-4H3,(H,28,31)/t18-/m0/s1. The summed E-state index contributed by atoms with van der Waals surface area (Å²) in [5.41, 5.74) is 0.802. The number of methoxy groups -OCH3 is 1. The molecule has 2 rings (SSSR count). The first kappa shape index (κ1) is 26.8. The summed E-state index contributed by atoms with van der Waals surface area (Å²) in [5, 5.41) is 3.76. The molecule has 2 amide bonds. The molecule has 0 spiro atoms. The molecule has 0 saturated carbocycles. The summed E-state index contributed by atoms with van der Waals surface area (Å²) in [6.07, 6.45) is 0.766. The summed E-state index contributed by atoms with van der Waals surface area (Å²) in [4.78, 5) is 27.3. The lowest BCUT2D eigenvalue weighted by Crippen LogP contribution is -2.48. The second-order valence-electron chi connectivity index (χ2n) is 8.21. The number of amides is 2. The van der Waals surface area contributed by atoms with E-state index in [9.17, 15) is 9.59 Å². The molecule has 0 saturated heterocycles. The van der Waals surface area contributed by atoms with Crippen LogP contribution in [0.25, 0.3) is 0 Å². The molecule has 0 fully saturated rings. The molecule has 0 aromatic heterocycles. The van der Waals surface area contributed by atoms with Crippen LogP contribution in [0.5, 0.6) is 11.5 Å². The van der Waals surface area contributed by atoms with E-state index in [1.54, 1.807) is 37.1 Å². The molecule has 0 bridgehead atoms. The van der Waals surface area contributed by atoms with Crippen LogP contribution in [0.2, 0.25) is 10.0 Å². The van der Waals surface area contributed by atoms with Gasteiger partial charge in [0, 0.05) is 19.5 Å². The average Bonchev–Trinajstić information content (AvgIpc) is 2.80. The molecular formula is C25H32Cl2N2O4. The Morgan fingerprint density at radius 1 is 1.00 bits per heavy atom. The van der Waals surface area contributed by atoms with Crippen LogP contribution >= 0.6 is 23.2 Å². The van der Waals surface area contributed by atoms with Gasteiger partial charge in [-0.1, -0.05) is 43.1 Å². The van der Waals surface area contributed by atoms with Crippen molar-refractivity contribution in [2.24, 2.45) is 5.92 Å². The van der Waals surface area contributed by atoms with E-state index in [2.05, 4.69) is 5.32 Å². The van der Waals surface area contributed by atoms with Crippen LogP contribution in [0.3, 0.4) is 0 Å². The van der Waals surface area contributed by atoms with Gasteiger partial charge in [0.2, 0.25) is 11.8 Å². The molecular weight excluding hydrogens is 463 g/mol. The topological polar surface area (TPSA) is 67.9 Å². The smallest absolute Gasteiger partial charge is 0.242 e. The lowest BCUT2D eigenvalue weighted by molar-refractivity contribution is -0.140. The van der Waals surface area contributed by atoms with Crippen molar-refractivity contribution in [1.82, 2.24) is 10.2 Å². The second-order valence-corrected chi connectivity index (χ2v) is 9.03. The van der Waals surface area contributed by atoms with Crippen LogP contribution in [0.15, 0.2) is 42.5 Å². The van der Waals surface area contributed by atoms with Crippen molar-refractivity contribution in [1.29, 1.82) is 0 Å². The maximum atomic E-state index is 13.1. The first-order valence-electron chi connectivity index (χ1n) is 11.0. The number of nitrogens with one attached hydrogen (secondary N) is 1. The zero-order valence-corrected chi connectivity index (χ0v) is 21.1. The summed E-state index contributed by atoms with van der Waals surface area (Å²) < 4.78 is 10.9. The SMILES string of the molecule is COc1ccc(OCCCC(=O)N(Cc2ccc(Cl)c(Cl)c2)[C@@H](C)C(=O)NCC(C)C)cc1. The Morgan fingerprint density at radius 2 is 1.67 bits per heavy atom. The molecule has 0 unspecified atom stereocenters. The van der Waals surface area contributed by atoms with Crippen molar-refractivity contribution in [3.63, 3.8) is 0 Å². The molecule has 180 valence electrons. The van der Waals surface area contributed by atoms with Gasteiger partial charge in [0.05, 0.1) is 23.8 Å². The van der Waals surface area contributed by atoms with Crippen molar-refractivity contribution < 1.29 is 19.1 Å². The fraction of sp³-hybridized carbons (Fsp3) is 0.440.